The van der Waals surface area contributed by atoms with Gasteiger partial charge >= 0.3 is 0 Å². The molecule has 130 valence electrons. The molecule has 0 N–H and O–H groups in total. The summed E-state index contributed by atoms with van der Waals surface area (Å²) in [6.45, 7) is 0. The Hall–Kier alpha value is -2.82. The molecule has 2 aromatic rings. The number of hydrazone groups is 1. The van der Waals surface area contributed by atoms with Crippen molar-refractivity contribution in [3.05, 3.63) is 59.7 Å². The van der Waals surface area contributed by atoms with Crippen molar-refractivity contribution in [1.82, 2.24) is 5.01 Å². The fourth-order valence-electron chi connectivity index (χ4n) is 2.92. The predicted molar refractivity (Wildman–Crippen MR) is 97.2 cm³/mol. The van der Waals surface area contributed by atoms with Gasteiger partial charge in [0, 0.05) is 13.0 Å². The molecule has 0 aliphatic heterocycles. The molecule has 2 atom stereocenters. The Kier molecular flexibility index (Phi) is 5.03. The molecule has 3 rings (SSSR count). The minimum absolute atomic E-state index is 0.0231. The van der Waals surface area contributed by atoms with E-state index in [0.717, 1.165) is 12.0 Å². The molecule has 2 unspecified atom stereocenters. The third kappa shape index (κ3) is 3.82. The number of amides is 1. The van der Waals surface area contributed by atoms with Crippen molar-refractivity contribution in [3.63, 3.8) is 0 Å². The fraction of sp³-hybridized carbons (Fsp3) is 0.300. The van der Waals surface area contributed by atoms with Gasteiger partial charge in [0.2, 0.25) is 5.91 Å². The fourth-order valence-corrected chi connectivity index (χ4v) is 2.92. The highest BCUT2D eigenvalue weighted by Gasteiger charge is 2.45. The Labute approximate surface area is 147 Å². The van der Waals surface area contributed by atoms with Gasteiger partial charge in [-0.05, 0) is 41.7 Å². The Morgan fingerprint density at radius 1 is 1.12 bits per heavy atom. The number of rotatable bonds is 6. The van der Waals surface area contributed by atoms with Crippen LogP contribution in [0.3, 0.4) is 0 Å². The largest absolute Gasteiger partial charge is 0.493 e. The maximum absolute atomic E-state index is 12.5. The molecule has 1 aliphatic rings. The first-order valence-corrected chi connectivity index (χ1v) is 8.22. The molecule has 0 aromatic heterocycles. The van der Waals surface area contributed by atoms with Gasteiger partial charge in [-0.15, -0.1) is 0 Å². The minimum Gasteiger partial charge on any atom is -0.493 e. The summed E-state index contributed by atoms with van der Waals surface area (Å²) in [5.41, 5.74) is 2.06. The number of methoxy groups -OCH3 is 2. The van der Waals surface area contributed by atoms with Crippen LogP contribution in [0.1, 0.15) is 23.5 Å². The molecule has 5 nitrogen and oxygen atoms in total. The molecule has 2 aromatic carbocycles. The molecular formula is C20H22N2O3. The molecule has 0 radical (unpaired) electrons. The molecule has 5 heteroatoms. The van der Waals surface area contributed by atoms with E-state index in [1.165, 1.54) is 10.6 Å². The van der Waals surface area contributed by atoms with Gasteiger partial charge in [0.1, 0.15) is 0 Å². The van der Waals surface area contributed by atoms with E-state index in [9.17, 15) is 4.79 Å². The van der Waals surface area contributed by atoms with Gasteiger partial charge in [-0.3, -0.25) is 4.79 Å². The number of hydrogen-bond donors (Lipinski definition) is 0. The van der Waals surface area contributed by atoms with Crippen LogP contribution < -0.4 is 9.47 Å². The number of nitrogens with zero attached hydrogens (tertiary/aromatic N) is 2. The topological polar surface area (TPSA) is 51.1 Å². The monoisotopic (exact) mass is 338 g/mol. The van der Waals surface area contributed by atoms with Crippen LogP contribution in [0, 0.1) is 5.92 Å². The second kappa shape index (κ2) is 7.38. The van der Waals surface area contributed by atoms with Crippen molar-refractivity contribution in [2.24, 2.45) is 11.0 Å². The third-order valence-corrected chi connectivity index (χ3v) is 4.44. The van der Waals surface area contributed by atoms with Gasteiger partial charge in [0.25, 0.3) is 0 Å². The third-order valence-electron chi connectivity index (χ3n) is 4.44. The zero-order valence-electron chi connectivity index (χ0n) is 14.7. The number of ether oxygens (including phenoxy) is 2. The van der Waals surface area contributed by atoms with Crippen molar-refractivity contribution in [3.8, 4) is 11.5 Å². The van der Waals surface area contributed by atoms with Crippen LogP contribution in [-0.2, 0) is 4.79 Å². The molecule has 1 saturated carbocycles. The summed E-state index contributed by atoms with van der Waals surface area (Å²) in [7, 11) is 4.88. The van der Waals surface area contributed by atoms with Crippen LogP contribution in [0.2, 0.25) is 0 Å². The molecule has 0 saturated heterocycles. The summed E-state index contributed by atoms with van der Waals surface area (Å²) in [5.74, 6) is 1.67. The Balaban J connectivity index is 1.63. The van der Waals surface area contributed by atoms with E-state index in [2.05, 4.69) is 17.2 Å². The van der Waals surface area contributed by atoms with Crippen molar-refractivity contribution >= 4 is 12.1 Å². The highest BCUT2D eigenvalue weighted by atomic mass is 16.5. The molecule has 25 heavy (non-hydrogen) atoms. The lowest BCUT2D eigenvalue weighted by atomic mass is 10.1. The molecule has 1 aliphatic carbocycles. The first-order valence-electron chi connectivity index (χ1n) is 8.22. The van der Waals surface area contributed by atoms with E-state index in [0.29, 0.717) is 17.4 Å². The molecule has 1 amide bonds. The highest BCUT2D eigenvalue weighted by Crippen LogP contribution is 2.48. The molecule has 0 heterocycles. The van der Waals surface area contributed by atoms with Crippen LogP contribution in [0.25, 0.3) is 0 Å². The van der Waals surface area contributed by atoms with E-state index in [4.69, 9.17) is 9.47 Å². The van der Waals surface area contributed by atoms with Crippen LogP contribution >= 0.6 is 0 Å². The van der Waals surface area contributed by atoms with Gasteiger partial charge in [0.05, 0.1) is 20.4 Å². The SMILES string of the molecule is COc1ccc(/C=N\N(C)C(=O)C2CC2c2ccccc2)cc1OC. The molecule has 1 fully saturated rings. The van der Waals surface area contributed by atoms with Gasteiger partial charge in [0.15, 0.2) is 11.5 Å². The van der Waals surface area contributed by atoms with Gasteiger partial charge in [-0.25, -0.2) is 5.01 Å². The summed E-state index contributed by atoms with van der Waals surface area (Å²) in [6, 6.07) is 15.7. The molecule has 0 bridgehead atoms. The van der Waals surface area contributed by atoms with Crippen LogP contribution in [-0.4, -0.2) is 38.4 Å². The summed E-state index contributed by atoms with van der Waals surface area (Å²) in [6.07, 6.45) is 2.54. The minimum atomic E-state index is 0.0231. The van der Waals surface area contributed by atoms with E-state index in [1.807, 2.05) is 36.4 Å². The van der Waals surface area contributed by atoms with Gasteiger partial charge in [-0.2, -0.15) is 5.10 Å². The number of hydrogen-bond acceptors (Lipinski definition) is 4. The Morgan fingerprint density at radius 2 is 1.84 bits per heavy atom. The van der Waals surface area contributed by atoms with Crippen LogP contribution in [0.15, 0.2) is 53.6 Å². The lowest BCUT2D eigenvalue weighted by Gasteiger charge is -2.11. The second-order valence-electron chi connectivity index (χ2n) is 6.08. The van der Waals surface area contributed by atoms with Gasteiger partial charge in [-0.1, -0.05) is 30.3 Å². The first-order chi connectivity index (χ1) is 12.1. The maximum atomic E-state index is 12.5. The zero-order chi connectivity index (χ0) is 17.8. The van der Waals surface area contributed by atoms with Crippen molar-refractivity contribution in [1.29, 1.82) is 0 Å². The van der Waals surface area contributed by atoms with Crippen LogP contribution in [0.5, 0.6) is 11.5 Å². The summed E-state index contributed by atoms with van der Waals surface area (Å²) >= 11 is 0. The Bertz CT molecular complexity index is 774. The number of benzene rings is 2. The number of carbonyl (C=O) groups is 1. The van der Waals surface area contributed by atoms with Crippen molar-refractivity contribution < 1.29 is 14.3 Å². The summed E-state index contributed by atoms with van der Waals surface area (Å²) in [5, 5.41) is 5.70. The lowest BCUT2D eigenvalue weighted by molar-refractivity contribution is -0.131. The molecular weight excluding hydrogens is 316 g/mol. The summed E-state index contributed by atoms with van der Waals surface area (Å²) < 4.78 is 10.5. The standard InChI is InChI=1S/C20H22N2O3/c1-22(20(23)17-12-16(17)15-7-5-4-6-8-15)21-13-14-9-10-18(24-2)19(11-14)25-3/h4-11,13,16-17H,12H2,1-3H3/b21-13-. The maximum Gasteiger partial charge on any atom is 0.246 e. The molecule has 0 spiro atoms. The predicted octanol–water partition coefficient (Wildman–Crippen LogP) is 3.30. The summed E-state index contributed by atoms with van der Waals surface area (Å²) in [4.78, 5) is 12.5. The Morgan fingerprint density at radius 3 is 2.52 bits per heavy atom. The van der Waals surface area contributed by atoms with E-state index in [1.54, 1.807) is 27.5 Å². The van der Waals surface area contributed by atoms with E-state index in [-0.39, 0.29) is 11.8 Å². The van der Waals surface area contributed by atoms with E-state index >= 15 is 0 Å². The first kappa shape index (κ1) is 17.0. The average Bonchev–Trinajstić information content (AvgIpc) is 3.46. The smallest absolute Gasteiger partial charge is 0.246 e. The van der Waals surface area contributed by atoms with Gasteiger partial charge < -0.3 is 9.47 Å². The highest BCUT2D eigenvalue weighted by molar-refractivity contribution is 5.86. The quantitative estimate of drug-likeness (QED) is 0.600. The van der Waals surface area contributed by atoms with Crippen molar-refractivity contribution in [2.45, 2.75) is 12.3 Å². The van der Waals surface area contributed by atoms with Crippen LogP contribution in [0.4, 0.5) is 0 Å². The second-order valence-corrected chi connectivity index (χ2v) is 6.08. The van der Waals surface area contributed by atoms with Crippen molar-refractivity contribution in [2.75, 3.05) is 21.3 Å². The average molecular weight is 338 g/mol. The normalized spacial score (nSPS) is 18.8. The van der Waals surface area contributed by atoms with E-state index < -0.39 is 0 Å². The number of carbonyl (C=O) groups excluding carboxylic acids is 1. The lowest BCUT2D eigenvalue weighted by Crippen LogP contribution is -2.23. The zero-order valence-corrected chi connectivity index (χ0v) is 14.7.